The quantitative estimate of drug-likeness (QED) is 0.612. The van der Waals surface area contributed by atoms with E-state index >= 15 is 0 Å². The molecular weight excluding hydrogens is 420 g/mol. The van der Waals surface area contributed by atoms with Gasteiger partial charge in [0.15, 0.2) is 0 Å². The third-order valence-electron chi connectivity index (χ3n) is 5.56. The van der Waals surface area contributed by atoms with Crippen molar-refractivity contribution in [3.63, 3.8) is 0 Å². The molecule has 2 atom stereocenters. The van der Waals surface area contributed by atoms with Crippen molar-refractivity contribution in [1.29, 1.82) is 0 Å². The highest BCUT2D eigenvalue weighted by molar-refractivity contribution is 5.88. The largest absolute Gasteiger partial charge is 0.340 e. The smallest absolute Gasteiger partial charge is 0.222 e. The van der Waals surface area contributed by atoms with Crippen LogP contribution in [0.4, 0.5) is 17.3 Å². The number of aromatic nitrogens is 5. The van der Waals surface area contributed by atoms with Crippen molar-refractivity contribution < 1.29 is 9.59 Å². The Morgan fingerprint density at radius 1 is 1.00 bits per heavy atom. The van der Waals surface area contributed by atoms with E-state index in [4.69, 9.17) is 9.97 Å². The Balaban J connectivity index is 1.69. The number of pyridine rings is 1. The summed E-state index contributed by atoms with van der Waals surface area (Å²) in [5, 5.41) is 5.95. The highest BCUT2D eigenvalue weighted by Crippen LogP contribution is 2.31. The van der Waals surface area contributed by atoms with E-state index in [2.05, 4.69) is 32.5 Å². The predicted molar refractivity (Wildman–Crippen MR) is 124 cm³/mol. The summed E-state index contributed by atoms with van der Waals surface area (Å²) in [6.07, 6.45) is 8.26. The average molecular weight is 447 g/mol. The molecule has 1 aliphatic rings. The molecule has 0 spiro atoms. The molecule has 10 heteroatoms. The molecule has 170 valence electrons. The number of hydrogen-bond donors (Lipinski definition) is 2. The molecule has 0 aromatic carbocycles. The zero-order valence-electron chi connectivity index (χ0n) is 18.8. The molecule has 1 fully saturated rings. The van der Waals surface area contributed by atoms with E-state index in [-0.39, 0.29) is 23.8 Å². The van der Waals surface area contributed by atoms with Gasteiger partial charge in [-0.1, -0.05) is 0 Å². The highest BCUT2D eigenvalue weighted by atomic mass is 16.2. The first-order valence-corrected chi connectivity index (χ1v) is 10.8. The average Bonchev–Trinajstić information content (AvgIpc) is 2.79. The molecule has 2 amide bonds. The van der Waals surface area contributed by atoms with E-state index in [1.54, 1.807) is 49.9 Å². The van der Waals surface area contributed by atoms with Crippen LogP contribution in [-0.4, -0.2) is 54.2 Å². The summed E-state index contributed by atoms with van der Waals surface area (Å²) in [4.78, 5) is 47.6. The molecule has 4 rings (SSSR count). The monoisotopic (exact) mass is 446 g/mol. The Morgan fingerprint density at radius 2 is 1.85 bits per heavy atom. The zero-order chi connectivity index (χ0) is 23.4. The molecule has 0 saturated carbocycles. The van der Waals surface area contributed by atoms with E-state index in [9.17, 15) is 9.59 Å². The molecule has 3 aromatic heterocycles. The number of piperidine rings is 1. The molecule has 0 bridgehead atoms. The summed E-state index contributed by atoms with van der Waals surface area (Å²) in [5.41, 5.74) is 1.98. The van der Waals surface area contributed by atoms with E-state index in [0.29, 0.717) is 41.1 Å². The second kappa shape index (κ2) is 9.68. The predicted octanol–water partition coefficient (Wildman–Crippen LogP) is 3.15. The van der Waals surface area contributed by atoms with Gasteiger partial charge >= 0.3 is 0 Å². The van der Waals surface area contributed by atoms with Gasteiger partial charge in [-0.05, 0) is 25.8 Å². The number of carbonyl (C=O) groups is 2. The molecule has 1 aliphatic heterocycles. The van der Waals surface area contributed by atoms with E-state index in [1.165, 1.54) is 6.92 Å². The Morgan fingerprint density at radius 3 is 2.58 bits per heavy atom. The number of likely N-dealkylation sites (tertiary alicyclic amines) is 1. The second-order valence-electron chi connectivity index (χ2n) is 8.12. The number of anilines is 3. The van der Waals surface area contributed by atoms with Gasteiger partial charge in [0.25, 0.3) is 0 Å². The van der Waals surface area contributed by atoms with Gasteiger partial charge < -0.3 is 15.5 Å². The van der Waals surface area contributed by atoms with Crippen molar-refractivity contribution in [1.82, 2.24) is 29.8 Å². The molecule has 1 saturated heterocycles. The zero-order valence-corrected chi connectivity index (χ0v) is 18.8. The summed E-state index contributed by atoms with van der Waals surface area (Å²) in [6, 6.07) is 5.52. The normalized spacial score (nSPS) is 18.0. The molecule has 0 unspecified atom stereocenters. The van der Waals surface area contributed by atoms with Crippen LogP contribution in [0.3, 0.4) is 0 Å². The number of carbonyl (C=O) groups excluding carboxylic acids is 2. The van der Waals surface area contributed by atoms with Gasteiger partial charge in [-0.25, -0.2) is 15.0 Å². The first kappa shape index (κ1) is 22.3. The van der Waals surface area contributed by atoms with Crippen molar-refractivity contribution in [3.8, 4) is 11.4 Å². The van der Waals surface area contributed by atoms with Gasteiger partial charge in [-0.2, -0.15) is 0 Å². The van der Waals surface area contributed by atoms with Crippen LogP contribution in [0.25, 0.3) is 11.4 Å². The van der Waals surface area contributed by atoms with Crippen LogP contribution in [0, 0.1) is 0 Å². The third-order valence-corrected chi connectivity index (χ3v) is 5.56. The standard InChI is InChI=1S/C23H26N8O2/c1-14-4-5-17(13-31(14)16(3)33)23-29-19(20-12-24-8-9-25-20)11-22(30-23)28-18-6-7-26-21(10-18)27-15(2)32/h6-12,14,17H,4-5,13H2,1-3H3,(H2,26,27,28,29,30,32)/t14-,17+/m0/s1. The number of amides is 2. The van der Waals surface area contributed by atoms with Crippen molar-refractivity contribution in [3.05, 3.63) is 48.8 Å². The maximum atomic E-state index is 12.1. The Hall–Kier alpha value is -3.95. The minimum atomic E-state index is -0.199. The molecule has 4 heterocycles. The van der Waals surface area contributed by atoms with Gasteiger partial charge in [0.05, 0.1) is 11.9 Å². The molecular formula is C23H26N8O2. The summed E-state index contributed by atoms with van der Waals surface area (Å²) in [5.74, 6) is 1.53. The van der Waals surface area contributed by atoms with Gasteiger partial charge in [0, 0.05) is 68.8 Å². The summed E-state index contributed by atoms with van der Waals surface area (Å²) in [7, 11) is 0. The first-order valence-electron chi connectivity index (χ1n) is 10.8. The van der Waals surface area contributed by atoms with Gasteiger partial charge in [0.2, 0.25) is 11.8 Å². The Bertz CT molecular complexity index is 1150. The molecule has 3 aromatic rings. The van der Waals surface area contributed by atoms with Gasteiger partial charge in [-0.3, -0.25) is 19.6 Å². The topological polar surface area (TPSA) is 126 Å². The van der Waals surface area contributed by atoms with Crippen molar-refractivity contribution >= 4 is 29.1 Å². The SMILES string of the molecule is CC(=O)Nc1cc(Nc2cc(-c3cnccn3)nc([C@@H]3CC[C@H](C)N(C(C)=O)C3)n2)ccn1. The van der Waals surface area contributed by atoms with Crippen LogP contribution in [0.15, 0.2) is 43.0 Å². The van der Waals surface area contributed by atoms with Gasteiger partial charge in [0.1, 0.15) is 23.2 Å². The Labute approximate surface area is 191 Å². The third kappa shape index (κ3) is 5.46. The number of nitrogens with one attached hydrogen (secondary N) is 2. The van der Waals surface area contributed by atoms with E-state index in [0.717, 1.165) is 12.8 Å². The number of rotatable bonds is 5. The highest BCUT2D eigenvalue weighted by Gasteiger charge is 2.30. The van der Waals surface area contributed by atoms with Crippen LogP contribution in [0.2, 0.25) is 0 Å². The maximum Gasteiger partial charge on any atom is 0.222 e. The minimum absolute atomic E-state index is 0.00894. The number of hydrogen-bond acceptors (Lipinski definition) is 8. The van der Waals surface area contributed by atoms with E-state index < -0.39 is 0 Å². The lowest BCUT2D eigenvalue weighted by molar-refractivity contribution is -0.132. The molecule has 0 radical (unpaired) electrons. The lowest BCUT2D eigenvalue weighted by Gasteiger charge is -2.37. The second-order valence-corrected chi connectivity index (χ2v) is 8.12. The van der Waals surface area contributed by atoms with Crippen LogP contribution < -0.4 is 10.6 Å². The maximum absolute atomic E-state index is 12.1. The number of nitrogens with zero attached hydrogens (tertiary/aromatic N) is 6. The van der Waals surface area contributed by atoms with Crippen LogP contribution in [0.1, 0.15) is 45.4 Å². The Kier molecular flexibility index (Phi) is 6.53. The fourth-order valence-corrected chi connectivity index (χ4v) is 3.94. The molecule has 33 heavy (non-hydrogen) atoms. The van der Waals surface area contributed by atoms with Crippen LogP contribution >= 0.6 is 0 Å². The van der Waals surface area contributed by atoms with E-state index in [1.807, 2.05) is 4.90 Å². The molecule has 0 aliphatic carbocycles. The minimum Gasteiger partial charge on any atom is -0.340 e. The van der Waals surface area contributed by atoms with Crippen molar-refractivity contribution in [2.24, 2.45) is 0 Å². The van der Waals surface area contributed by atoms with Crippen LogP contribution in [-0.2, 0) is 9.59 Å². The van der Waals surface area contributed by atoms with Crippen molar-refractivity contribution in [2.45, 2.75) is 45.6 Å². The van der Waals surface area contributed by atoms with Gasteiger partial charge in [-0.15, -0.1) is 0 Å². The summed E-state index contributed by atoms with van der Waals surface area (Å²) < 4.78 is 0. The summed E-state index contributed by atoms with van der Waals surface area (Å²) in [6.45, 7) is 5.67. The molecule has 10 nitrogen and oxygen atoms in total. The van der Waals surface area contributed by atoms with Crippen molar-refractivity contribution in [2.75, 3.05) is 17.2 Å². The van der Waals surface area contributed by atoms with Crippen LogP contribution in [0.5, 0.6) is 0 Å². The fourth-order valence-electron chi connectivity index (χ4n) is 3.94. The lowest BCUT2D eigenvalue weighted by Crippen LogP contribution is -2.44. The fraction of sp³-hybridized carbons (Fsp3) is 0.348. The summed E-state index contributed by atoms with van der Waals surface area (Å²) >= 11 is 0. The first-order chi connectivity index (χ1) is 15.9. The lowest BCUT2D eigenvalue weighted by atomic mass is 9.92. The molecule has 2 N–H and O–H groups in total.